The molecule has 5 rings (SSSR count). The summed E-state index contributed by atoms with van der Waals surface area (Å²) >= 11 is 6.09. The van der Waals surface area contributed by atoms with Crippen LogP contribution in [-0.4, -0.2) is 20.6 Å². The van der Waals surface area contributed by atoms with Gasteiger partial charge in [0, 0.05) is 10.6 Å². The number of aromatic nitrogens is 2. The minimum absolute atomic E-state index is 0.0934. The Balaban J connectivity index is 1.65. The number of rotatable bonds is 2. The molecule has 0 amide bonds. The Morgan fingerprint density at radius 1 is 1.37 bits per heavy atom. The summed E-state index contributed by atoms with van der Waals surface area (Å²) < 4.78 is 1.59. The number of halogens is 1. The van der Waals surface area contributed by atoms with Gasteiger partial charge in [0.2, 0.25) is 0 Å². The molecular formula is C21H17ClN2O3. The summed E-state index contributed by atoms with van der Waals surface area (Å²) in [7, 11) is 0. The molecule has 0 bridgehead atoms. The summed E-state index contributed by atoms with van der Waals surface area (Å²) in [6.45, 7) is 0. The maximum atomic E-state index is 13.2. The molecule has 1 aromatic heterocycles. The third kappa shape index (κ3) is 2.42. The lowest BCUT2D eigenvalue weighted by atomic mass is 9.90. The molecule has 1 saturated carbocycles. The zero-order valence-corrected chi connectivity index (χ0v) is 15.2. The second-order valence-corrected chi connectivity index (χ2v) is 7.89. The Labute approximate surface area is 160 Å². The standard InChI is InChI=1S/C21H17ClN2O3/c22-14-5-1-3-12(10-14)9-13-4-2-6-15-18(13)23-17-7-8-21(20(26)27)11-16(21)24(17)19(15)25/h1,3,5,7-10,16H,2,4,6,11H2,(H,26,27). The van der Waals surface area contributed by atoms with Crippen molar-refractivity contribution < 1.29 is 9.90 Å². The number of carbonyl (C=O) groups is 1. The summed E-state index contributed by atoms with van der Waals surface area (Å²) in [4.78, 5) is 29.5. The maximum Gasteiger partial charge on any atom is 0.315 e. The average Bonchev–Trinajstić information content (AvgIpc) is 3.39. The highest BCUT2D eigenvalue weighted by Gasteiger charge is 2.62. The van der Waals surface area contributed by atoms with Crippen molar-refractivity contribution in [2.45, 2.75) is 31.7 Å². The van der Waals surface area contributed by atoms with E-state index in [-0.39, 0.29) is 11.6 Å². The lowest BCUT2D eigenvalue weighted by Gasteiger charge is -2.23. The van der Waals surface area contributed by atoms with Crippen molar-refractivity contribution in [2.75, 3.05) is 0 Å². The molecule has 2 aromatic rings. The molecule has 0 saturated heterocycles. The van der Waals surface area contributed by atoms with Gasteiger partial charge in [-0.2, -0.15) is 0 Å². The molecular weight excluding hydrogens is 364 g/mol. The molecule has 3 aliphatic rings. The van der Waals surface area contributed by atoms with Crippen molar-refractivity contribution >= 4 is 35.3 Å². The van der Waals surface area contributed by atoms with Crippen LogP contribution in [0.1, 0.15) is 47.9 Å². The first-order chi connectivity index (χ1) is 13.0. The van der Waals surface area contributed by atoms with Crippen molar-refractivity contribution in [1.82, 2.24) is 9.55 Å². The predicted molar refractivity (Wildman–Crippen MR) is 104 cm³/mol. The third-order valence-electron chi connectivity index (χ3n) is 5.81. The zero-order chi connectivity index (χ0) is 18.8. The van der Waals surface area contributed by atoms with Gasteiger partial charge in [-0.3, -0.25) is 14.2 Å². The van der Waals surface area contributed by atoms with Gasteiger partial charge < -0.3 is 5.11 Å². The zero-order valence-electron chi connectivity index (χ0n) is 14.5. The number of hydrogen-bond acceptors (Lipinski definition) is 3. The number of nitrogens with zero attached hydrogens (tertiary/aromatic N) is 2. The normalized spacial score (nSPS) is 26.3. The Kier molecular flexibility index (Phi) is 3.46. The molecule has 1 aliphatic heterocycles. The van der Waals surface area contributed by atoms with E-state index in [4.69, 9.17) is 16.6 Å². The third-order valence-corrected chi connectivity index (χ3v) is 6.04. The summed E-state index contributed by atoms with van der Waals surface area (Å²) in [6.07, 6.45) is 8.27. The van der Waals surface area contributed by atoms with Crippen molar-refractivity contribution in [3.63, 3.8) is 0 Å². The Morgan fingerprint density at radius 3 is 3.00 bits per heavy atom. The highest BCUT2D eigenvalue weighted by Crippen LogP contribution is 2.59. The van der Waals surface area contributed by atoms with E-state index >= 15 is 0 Å². The van der Waals surface area contributed by atoms with Gasteiger partial charge in [-0.1, -0.05) is 29.8 Å². The summed E-state index contributed by atoms with van der Waals surface area (Å²) in [5.41, 5.74) is 2.42. The number of fused-ring (bicyclic) bond motifs is 4. The fourth-order valence-electron chi connectivity index (χ4n) is 4.29. The topological polar surface area (TPSA) is 72.2 Å². The van der Waals surface area contributed by atoms with Gasteiger partial charge >= 0.3 is 5.97 Å². The van der Waals surface area contributed by atoms with Crippen LogP contribution in [0.4, 0.5) is 0 Å². The maximum absolute atomic E-state index is 13.2. The molecule has 2 unspecified atom stereocenters. The second-order valence-electron chi connectivity index (χ2n) is 7.45. The van der Waals surface area contributed by atoms with Crippen LogP contribution in [0.15, 0.2) is 35.1 Å². The quantitative estimate of drug-likeness (QED) is 0.859. The monoisotopic (exact) mass is 380 g/mol. The highest BCUT2D eigenvalue weighted by atomic mass is 35.5. The van der Waals surface area contributed by atoms with E-state index in [0.717, 1.165) is 29.7 Å². The smallest absolute Gasteiger partial charge is 0.315 e. The summed E-state index contributed by atoms with van der Waals surface area (Å²) in [5.74, 6) is -0.322. The van der Waals surface area contributed by atoms with Gasteiger partial charge in [0.05, 0.1) is 11.7 Å². The first-order valence-electron chi connectivity index (χ1n) is 9.04. The molecule has 0 radical (unpaired) electrons. The van der Waals surface area contributed by atoms with E-state index in [0.29, 0.717) is 29.3 Å². The van der Waals surface area contributed by atoms with Crippen LogP contribution >= 0.6 is 11.6 Å². The summed E-state index contributed by atoms with van der Waals surface area (Å²) in [5, 5.41) is 10.2. The minimum Gasteiger partial charge on any atom is -0.481 e. The van der Waals surface area contributed by atoms with E-state index in [1.54, 1.807) is 16.7 Å². The van der Waals surface area contributed by atoms with Crippen molar-refractivity contribution in [1.29, 1.82) is 0 Å². The van der Waals surface area contributed by atoms with Crippen LogP contribution in [0, 0.1) is 5.41 Å². The molecule has 2 aliphatic carbocycles. The SMILES string of the molecule is O=C(O)C12C=Cc3nc4c(c(=O)n3C1C2)CCCC4=Cc1cccc(Cl)c1. The predicted octanol–water partition coefficient (Wildman–Crippen LogP) is 3.82. The Bertz CT molecular complexity index is 1110. The lowest BCUT2D eigenvalue weighted by molar-refractivity contribution is -0.141. The van der Waals surface area contributed by atoms with Gasteiger partial charge in [-0.25, -0.2) is 4.98 Å². The van der Waals surface area contributed by atoms with E-state index in [1.165, 1.54) is 0 Å². The number of carboxylic acid groups (broad SMARTS) is 1. The molecule has 6 heteroatoms. The van der Waals surface area contributed by atoms with Gasteiger partial charge in [0.25, 0.3) is 5.56 Å². The summed E-state index contributed by atoms with van der Waals surface area (Å²) in [6, 6.07) is 7.27. The van der Waals surface area contributed by atoms with E-state index in [1.807, 2.05) is 30.3 Å². The van der Waals surface area contributed by atoms with Crippen LogP contribution in [0.2, 0.25) is 5.02 Å². The Hall–Kier alpha value is -2.66. The first-order valence-corrected chi connectivity index (χ1v) is 9.42. The van der Waals surface area contributed by atoms with Gasteiger partial charge in [-0.15, -0.1) is 0 Å². The van der Waals surface area contributed by atoms with Gasteiger partial charge in [0.15, 0.2) is 0 Å². The van der Waals surface area contributed by atoms with Crippen LogP contribution in [0.5, 0.6) is 0 Å². The molecule has 1 fully saturated rings. The lowest BCUT2D eigenvalue weighted by Crippen LogP contribution is -2.33. The molecule has 5 nitrogen and oxygen atoms in total. The van der Waals surface area contributed by atoms with Gasteiger partial charge in [0.1, 0.15) is 11.2 Å². The highest BCUT2D eigenvalue weighted by molar-refractivity contribution is 6.30. The number of benzene rings is 1. The van der Waals surface area contributed by atoms with E-state index < -0.39 is 11.4 Å². The minimum atomic E-state index is -0.930. The van der Waals surface area contributed by atoms with Crippen LogP contribution < -0.4 is 5.56 Å². The van der Waals surface area contributed by atoms with Gasteiger partial charge in [-0.05, 0) is 61.1 Å². The fourth-order valence-corrected chi connectivity index (χ4v) is 4.49. The molecule has 27 heavy (non-hydrogen) atoms. The molecule has 2 atom stereocenters. The van der Waals surface area contributed by atoms with Crippen molar-refractivity contribution in [2.24, 2.45) is 5.41 Å². The number of hydrogen-bond donors (Lipinski definition) is 1. The largest absolute Gasteiger partial charge is 0.481 e. The molecule has 136 valence electrons. The molecule has 0 spiro atoms. The van der Waals surface area contributed by atoms with E-state index in [9.17, 15) is 14.7 Å². The Morgan fingerprint density at radius 2 is 2.22 bits per heavy atom. The molecule has 1 aromatic carbocycles. The number of aliphatic carboxylic acids is 1. The molecule has 1 N–H and O–H groups in total. The number of allylic oxidation sites excluding steroid dienone is 1. The van der Waals surface area contributed by atoms with Crippen LogP contribution in [-0.2, 0) is 11.2 Å². The van der Waals surface area contributed by atoms with Crippen molar-refractivity contribution in [3.8, 4) is 0 Å². The fraction of sp³-hybridized carbons (Fsp3) is 0.286. The second kappa shape index (κ2) is 5.67. The average molecular weight is 381 g/mol. The van der Waals surface area contributed by atoms with Crippen LogP contribution in [0.3, 0.4) is 0 Å². The van der Waals surface area contributed by atoms with Crippen LogP contribution in [0.25, 0.3) is 17.7 Å². The number of carboxylic acids is 1. The van der Waals surface area contributed by atoms with E-state index in [2.05, 4.69) is 0 Å². The molecule has 2 heterocycles. The van der Waals surface area contributed by atoms with Crippen molar-refractivity contribution in [3.05, 3.63) is 68.4 Å². The first kappa shape index (κ1) is 16.5.